The number of thioether (sulfide) groups is 1. The molecule has 0 aliphatic heterocycles. The molecule has 0 saturated carbocycles. The number of hydrogen-bond acceptors (Lipinski definition) is 6. The first-order valence-corrected chi connectivity index (χ1v) is 7.32. The molecule has 7 nitrogen and oxygen atoms in total. The minimum absolute atomic E-state index is 0.0332. The molecule has 2 heterocycles. The van der Waals surface area contributed by atoms with Gasteiger partial charge in [0.1, 0.15) is 0 Å². The van der Waals surface area contributed by atoms with E-state index < -0.39 is 0 Å². The Morgan fingerprint density at radius 2 is 2.16 bits per heavy atom. The first kappa shape index (κ1) is 14.0. The molecule has 104 valence electrons. The standard InChI is InChI=1S/C11H18N6OS/c1-3-9-7-10(16(4-2)13-9)8-19-11-12-14-15-17(11)5-6-18/h7,18H,3-6,8H2,1-2H3. The summed E-state index contributed by atoms with van der Waals surface area (Å²) in [5.74, 6) is 0.770. The van der Waals surface area contributed by atoms with Gasteiger partial charge in [0.25, 0.3) is 0 Å². The van der Waals surface area contributed by atoms with Crippen molar-refractivity contribution in [3.05, 3.63) is 17.5 Å². The summed E-state index contributed by atoms with van der Waals surface area (Å²) in [6.07, 6.45) is 0.937. The zero-order chi connectivity index (χ0) is 13.7. The minimum Gasteiger partial charge on any atom is -0.394 e. The van der Waals surface area contributed by atoms with Gasteiger partial charge >= 0.3 is 0 Å². The second-order valence-corrected chi connectivity index (χ2v) is 4.94. The molecule has 0 bridgehead atoms. The Hall–Kier alpha value is -1.41. The van der Waals surface area contributed by atoms with E-state index in [9.17, 15) is 0 Å². The van der Waals surface area contributed by atoms with E-state index in [2.05, 4.69) is 40.5 Å². The SMILES string of the molecule is CCc1cc(CSc2nnnn2CCO)n(CC)n1. The molecule has 0 amide bonds. The fourth-order valence-electron chi connectivity index (χ4n) is 1.75. The average Bonchev–Trinajstić information content (AvgIpc) is 3.02. The van der Waals surface area contributed by atoms with Crippen LogP contribution in [0.5, 0.6) is 0 Å². The zero-order valence-corrected chi connectivity index (χ0v) is 12.0. The van der Waals surface area contributed by atoms with Crippen LogP contribution in [0.1, 0.15) is 25.2 Å². The molecule has 2 aromatic rings. The molecule has 0 unspecified atom stereocenters. The summed E-state index contributed by atoms with van der Waals surface area (Å²) in [5.41, 5.74) is 2.27. The van der Waals surface area contributed by atoms with E-state index in [0.717, 1.165) is 29.6 Å². The predicted molar refractivity (Wildman–Crippen MR) is 71.7 cm³/mol. The molecular formula is C11H18N6OS. The lowest BCUT2D eigenvalue weighted by atomic mass is 10.3. The van der Waals surface area contributed by atoms with Crippen LogP contribution in [0, 0.1) is 0 Å². The van der Waals surface area contributed by atoms with Crippen LogP contribution in [0.25, 0.3) is 0 Å². The van der Waals surface area contributed by atoms with E-state index in [0.29, 0.717) is 6.54 Å². The summed E-state index contributed by atoms with van der Waals surface area (Å²) < 4.78 is 3.62. The Balaban J connectivity index is 2.05. The van der Waals surface area contributed by atoms with Crippen LogP contribution in [-0.4, -0.2) is 41.7 Å². The highest BCUT2D eigenvalue weighted by Gasteiger charge is 2.10. The van der Waals surface area contributed by atoms with Crippen LogP contribution in [0.3, 0.4) is 0 Å². The number of tetrazole rings is 1. The number of nitrogens with zero attached hydrogens (tertiary/aromatic N) is 6. The fourth-order valence-corrected chi connectivity index (χ4v) is 2.63. The number of aliphatic hydroxyl groups excluding tert-OH is 1. The van der Waals surface area contributed by atoms with Crippen molar-refractivity contribution in [3.63, 3.8) is 0 Å². The summed E-state index contributed by atoms with van der Waals surface area (Å²) >= 11 is 1.56. The maximum absolute atomic E-state index is 8.93. The maximum Gasteiger partial charge on any atom is 0.209 e. The summed E-state index contributed by atoms with van der Waals surface area (Å²) in [4.78, 5) is 0. The molecule has 2 rings (SSSR count). The van der Waals surface area contributed by atoms with Crippen molar-refractivity contribution in [1.82, 2.24) is 30.0 Å². The molecule has 1 N–H and O–H groups in total. The summed E-state index contributed by atoms with van der Waals surface area (Å²) in [6, 6.07) is 2.12. The van der Waals surface area contributed by atoms with Gasteiger partial charge in [-0.15, -0.1) is 5.10 Å². The second kappa shape index (κ2) is 6.67. The van der Waals surface area contributed by atoms with Gasteiger partial charge in [0.15, 0.2) is 0 Å². The number of aryl methyl sites for hydroxylation is 2. The second-order valence-electron chi connectivity index (χ2n) is 3.99. The van der Waals surface area contributed by atoms with Gasteiger partial charge in [-0.25, -0.2) is 4.68 Å². The van der Waals surface area contributed by atoms with Crippen molar-refractivity contribution in [2.45, 2.75) is 44.3 Å². The third kappa shape index (κ3) is 3.32. The molecule has 0 aliphatic rings. The average molecular weight is 282 g/mol. The van der Waals surface area contributed by atoms with Crippen molar-refractivity contribution < 1.29 is 5.11 Å². The highest BCUT2D eigenvalue weighted by molar-refractivity contribution is 7.98. The molecule has 0 radical (unpaired) electrons. The smallest absolute Gasteiger partial charge is 0.209 e. The Labute approximate surface area is 116 Å². The van der Waals surface area contributed by atoms with Crippen molar-refractivity contribution in [3.8, 4) is 0 Å². The van der Waals surface area contributed by atoms with Crippen LogP contribution in [0.2, 0.25) is 0 Å². The van der Waals surface area contributed by atoms with Gasteiger partial charge in [-0.3, -0.25) is 4.68 Å². The van der Waals surface area contributed by atoms with Crippen LogP contribution in [-0.2, 0) is 25.3 Å². The van der Waals surface area contributed by atoms with Gasteiger partial charge in [0.2, 0.25) is 5.16 Å². The van der Waals surface area contributed by atoms with Gasteiger partial charge in [-0.05, 0) is 29.8 Å². The summed E-state index contributed by atoms with van der Waals surface area (Å²) in [5, 5.41) is 25.6. The van der Waals surface area contributed by atoms with Gasteiger partial charge in [0, 0.05) is 18.0 Å². The minimum atomic E-state index is 0.0332. The number of rotatable bonds is 7. The molecule has 0 atom stereocenters. The van der Waals surface area contributed by atoms with Crippen LogP contribution < -0.4 is 0 Å². The predicted octanol–water partition coefficient (Wildman–Crippen LogP) is 0.736. The Morgan fingerprint density at radius 1 is 1.32 bits per heavy atom. The van der Waals surface area contributed by atoms with Gasteiger partial charge < -0.3 is 5.11 Å². The first-order valence-electron chi connectivity index (χ1n) is 6.33. The van der Waals surface area contributed by atoms with Gasteiger partial charge in [-0.2, -0.15) is 5.10 Å². The largest absolute Gasteiger partial charge is 0.394 e. The van der Waals surface area contributed by atoms with E-state index in [1.54, 1.807) is 16.4 Å². The van der Waals surface area contributed by atoms with E-state index in [-0.39, 0.29) is 6.61 Å². The Kier molecular flexibility index (Phi) is 4.92. The van der Waals surface area contributed by atoms with E-state index in [4.69, 9.17) is 5.11 Å². The molecule has 0 saturated heterocycles. The molecule has 0 fully saturated rings. The summed E-state index contributed by atoms with van der Waals surface area (Å²) in [7, 11) is 0. The monoisotopic (exact) mass is 282 g/mol. The van der Waals surface area contributed by atoms with Crippen LogP contribution in [0.15, 0.2) is 11.2 Å². The fraction of sp³-hybridized carbons (Fsp3) is 0.636. The van der Waals surface area contributed by atoms with E-state index >= 15 is 0 Å². The lowest BCUT2D eigenvalue weighted by molar-refractivity contribution is 0.262. The maximum atomic E-state index is 8.93. The van der Waals surface area contributed by atoms with Gasteiger partial charge in [-0.1, -0.05) is 18.7 Å². The highest BCUT2D eigenvalue weighted by Crippen LogP contribution is 2.20. The van der Waals surface area contributed by atoms with Gasteiger partial charge in [0.05, 0.1) is 18.8 Å². The first-order chi connectivity index (χ1) is 9.28. The Bertz CT molecular complexity index is 523. The van der Waals surface area contributed by atoms with E-state index in [1.165, 1.54) is 5.69 Å². The zero-order valence-electron chi connectivity index (χ0n) is 11.2. The number of hydrogen-bond donors (Lipinski definition) is 1. The molecule has 0 spiro atoms. The number of aliphatic hydroxyl groups is 1. The Morgan fingerprint density at radius 3 is 2.84 bits per heavy atom. The molecule has 8 heteroatoms. The van der Waals surface area contributed by atoms with E-state index in [1.807, 2.05) is 4.68 Å². The molecule has 0 aromatic carbocycles. The van der Waals surface area contributed by atoms with Crippen molar-refractivity contribution in [2.24, 2.45) is 0 Å². The topological polar surface area (TPSA) is 81.6 Å². The third-order valence-corrected chi connectivity index (χ3v) is 3.73. The molecule has 19 heavy (non-hydrogen) atoms. The lowest BCUT2D eigenvalue weighted by Gasteiger charge is -2.04. The highest BCUT2D eigenvalue weighted by atomic mass is 32.2. The molecular weight excluding hydrogens is 264 g/mol. The molecule has 0 aliphatic carbocycles. The number of aromatic nitrogens is 6. The quantitative estimate of drug-likeness (QED) is 0.754. The van der Waals surface area contributed by atoms with Crippen molar-refractivity contribution in [1.29, 1.82) is 0 Å². The van der Waals surface area contributed by atoms with Crippen LogP contribution >= 0.6 is 11.8 Å². The third-order valence-electron chi connectivity index (χ3n) is 2.74. The van der Waals surface area contributed by atoms with Crippen molar-refractivity contribution in [2.75, 3.05) is 6.61 Å². The van der Waals surface area contributed by atoms with Crippen LogP contribution in [0.4, 0.5) is 0 Å². The normalized spacial score (nSPS) is 11.1. The molecule has 2 aromatic heterocycles. The van der Waals surface area contributed by atoms with Crippen molar-refractivity contribution >= 4 is 11.8 Å². The summed E-state index contributed by atoms with van der Waals surface area (Å²) in [6.45, 7) is 5.49. The lowest BCUT2D eigenvalue weighted by Crippen LogP contribution is -2.06.